The van der Waals surface area contributed by atoms with Crippen LogP contribution in [0.3, 0.4) is 0 Å². The maximum absolute atomic E-state index is 12.7. The highest BCUT2D eigenvalue weighted by Crippen LogP contribution is 2.16. The Labute approximate surface area is 160 Å². The number of hydrogen-bond acceptors (Lipinski definition) is 4. The Hall–Kier alpha value is -3.12. The van der Waals surface area contributed by atoms with E-state index in [9.17, 15) is 4.79 Å². The van der Waals surface area contributed by atoms with Gasteiger partial charge >= 0.3 is 0 Å². The van der Waals surface area contributed by atoms with Crippen molar-refractivity contribution < 1.29 is 4.74 Å². The predicted molar refractivity (Wildman–Crippen MR) is 105 cm³/mol. The molecule has 2 heterocycles. The SMILES string of the molecule is O=c1c2cnn(-c3ccccc3)c2ncn1CCCOc1ccc(Cl)cc1. The van der Waals surface area contributed by atoms with Crippen LogP contribution in [-0.2, 0) is 6.54 Å². The number of nitrogens with zero attached hydrogens (tertiary/aromatic N) is 4. The van der Waals surface area contributed by atoms with Crippen molar-refractivity contribution in [2.24, 2.45) is 0 Å². The van der Waals surface area contributed by atoms with Crippen molar-refractivity contribution in [3.05, 3.63) is 82.5 Å². The average molecular weight is 381 g/mol. The summed E-state index contributed by atoms with van der Waals surface area (Å²) in [4.78, 5) is 17.1. The first kappa shape index (κ1) is 17.3. The normalized spacial score (nSPS) is 11.0. The maximum Gasteiger partial charge on any atom is 0.264 e. The predicted octanol–water partition coefficient (Wildman–Crippen LogP) is 3.70. The van der Waals surface area contributed by atoms with Crippen molar-refractivity contribution in [3.8, 4) is 11.4 Å². The zero-order valence-corrected chi connectivity index (χ0v) is 15.2. The number of benzene rings is 2. The molecule has 0 spiro atoms. The average Bonchev–Trinajstić information content (AvgIpc) is 3.14. The number of aromatic nitrogens is 4. The molecule has 4 rings (SSSR count). The van der Waals surface area contributed by atoms with Gasteiger partial charge in [-0.05, 0) is 42.8 Å². The van der Waals surface area contributed by atoms with Crippen LogP contribution < -0.4 is 10.3 Å². The van der Waals surface area contributed by atoms with Crippen molar-refractivity contribution >= 4 is 22.6 Å². The van der Waals surface area contributed by atoms with Crippen molar-refractivity contribution in [2.45, 2.75) is 13.0 Å². The Kier molecular flexibility index (Phi) is 4.89. The van der Waals surface area contributed by atoms with E-state index in [1.54, 1.807) is 33.9 Å². The van der Waals surface area contributed by atoms with Gasteiger partial charge in [0.25, 0.3) is 5.56 Å². The van der Waals surface area contributed by atoms with E-state index < -0.39 is 0 Å². The third-order valence-electron chi connectivity index (χ3n) is 4.18. The first-order chi connectivity index (χ1) is 13.2. The Morgan fingerprint density at radius 1 is 1.04 bits per heavy atom. The van der Waals surface area contributed by atoms with Gasteiger partial charge in [0, 0.05) is 11.6 Å². The number of para-hydroxylation sites is 1. The lowest BCUT2D eigenvalue weighted by molar-refractivity contribution is 0.301. The van der Waals surface area contributed by atoms with E-state index in [0.29, 0.717) is 35.6 Å². The van der Waals surface area contributed by atoms with Gasteiger partial charge in [-0.2, -0.15) is 5.10 Å². The van der Waals surface area contributed by atoms with E-state index in [1.165, 1.54) is 0 Å². The topological polar surface area (TPSA) is 61.9 Å². The fourth-order valence-corrected chi connectivity index (χ4v) is 2.95. The van der Waals surface area contributed by atoms with Crippen LogP contribution in [0, 0.1) is 0 Å². The van der Waals surface area contributed by atoms with Crippen LogP contribution in [0.2, 0.25) is 5.02 Å². The number of rotatable bonds is 6. The molecule has 0 aliphatic rings. The second-order valence-electron chi connectivity index (χ2n) is 6.03. The lowest BCUT2D eigenvalue weighted by Gasteiger charge is -2.08. The summed E-state index contributed by atoms with van der Waals surface area (Å²) in [6.07, 6.45) is 3.81. The zero-order valence-electron chi connectivity index (χ0n) is 14.5. The number of fused-ring (bicyclic) bond motifs is 1. The quantitative estimate of drug-likeness (QED) is 0.478. The van der Waals surface area contributed by atoms with Crippen molar-refractivity contribution in [2.75, 3.05) is 6.61 Å². The molecule has 0 saturated heterocycles. The molecule has 27 heavy (non-hydrogen) atoms. The minimum Gasteiger partial charge on any atom is -0.494 e. The third kappa shape index (κ3) is 3.71. The van der Waals surface area contributed by atoms with Gasteiger partial charge in [0.15, 0.2) is 5.65 Å². The van der Waals surface area contributed by atoms with Crippen LogP contribution in [0.1, 0.15) is 6.42 Å². The first-order valence-electron chi connectivity index (χ1n) is 8.59. The molecule has 2 aromatic heterocycles. The fourth-order valence-electron chi connectivity index (χ4n) is 2.82. The highest BCUT2D eigenvalue weighted by Gasteiger charge is 2.11. The monoisotopic (exact) mass is 380 g/mol. The molecular weight excluding hydrogens is 364 g/mol. The second-order valence-corrected chi connectivity index (χ2v) is 6.46. The second kappa shape index (κ2) is 7.63. The van der Waals surface area contributed by atoms with Crippen molar-refractivity contribution in [3.63, 3.8) is 0 Å². The molecule has 6 nitrogen and oxygen atoms in total. The molecule has 2 aromatic carbocycles. The summed E-state index contributed by atoms with van der Waals surface area (Å²) >= 11 is 5.85. The molecule has 0 N–H and O–H groups in total. The third-order valence-corrected chi connectivity index (χ3v) is 4.43. The van der Waals surface area contributed by atoms with E-state index in [1.807, 2.05) is 42.5 Å². The summed E-state index contributed by atoms with van der Waals surface area (Å²) in [6.45, 7) is 1.02. The minimum atomic E-state index is -0.103. The van der Waals surface area contributed by atoms with Gasteiger partial charge < -0.3 is 4.74 Å². The van der Waals surface area contributed by atoms with Gasteiger partial charge in [0.2, 0.25) is 0 Å². The standard InChI is InChI=1S/C20H17ClN4O2/c21-15-7-9-17(10-8-15)27-12-4-11-24-14-22-19-18(20(24)26)13-23-25(19)16-5-2-1-3-6-16/h1-3,5-10,13-14H,4,11-12H2. The molecule has 0 unspecified atom stereocenters. The van der Waals surface area contributed by atoms with Crippen LogP contribution in [0.15, 0.2) is 71.9 Å². The van der Waals surface area contributed by atoms with Crippen molar-refractivity contribution in [1.82, 2.24) is 19.3 Å². The maximum atomic E-state index is 12.7. The fraction of sp³-hybridized carbons (Fsp3) is 0.150. The highest BCUT2D eigenvalue weighted by atomic mass is 35.5. The minimum absolute atomic E-state index is 0.103. The smallest absolute Gasteiger partial charge is 0.264 e. The zero-order chi connectivity index (χ0) is 18.6. The van der Waals surface area contributed by atoms with E-state index in [0.717, 1.165) is 11.4 Å². The van der Waals surface area contributed by atoms with Crippen LogP contribution >= 0.6 is 11.6 Å². The number of aryl methyl sites for hydroxylation is 1. The molecule has 0 radical (unpaired) electrons. The summed E-state index contributed by atoms with van der Waals surface area (Å²) in [6, 6.07) is 16.8. The summed E-state index contributed by atoms with van der Waals surface area (Å²) in [5, 5.41) is 5.49. The summed E-state index contributed by atoms with van der Waals surface area (Å²) in [5.41, 5.74) is 1.32. The van der Waals surface area contributed by atoms with E-state index in [2.05, 4.69) is 10.1 Å². The summed E-state index contributed by atoms with van der Waals surface area (Å²) < 4.78 is 8.92. The van der Waals surface area contributed by atoms with Gasteiger partial charge in [-0.3, -0.25) is 9.36 Å². The van der Waals surface area contributed by atoms with Gasteiger partial charge in [0.05, 0.1) is 24.8 Å². The lowest BCUT2D eigenvalue weighted by Crippen LogP contribution is -2.21. The molecule has 0 aliphatic heterocycles. The molecule has 4 aromatic rings. The van der Waals surface area contributed by atoms with Crippen molar-refractivity contribution in [1.29, 1.82) is 0 Å². The molecule has 0 aliphatic carbocycles. The largest absolute Gasteiger partial charge is 0.494 e. The molecule has 0 bridgehead atoms. The van der Waals surface area contributed by atoms with E-state index in [-0.39, 0.29) is 5.56 Å². The number of hydrogen-bond donors (Lipinski definition) is 0. The number of halogens is 1. The Morgan fingerprint density at radius 3 is 2.59 bits per heavy atom. The molecule has 136 valence electrons. The lowest BCUT2D eigenvalue weighted by atomic mass is 10.3. The van der Waals surface area contributed by atoms with Gasteiger partial charge in [-0.25, -0.2) is 9.67 Å². The van der Waals surface area contributed by atoms with E-state index in [4.69, 9.17) is 16.3 Å². The first-order valence-corrected chi connectivity index (χ1v) is 8.97. The Morgan fingerprint density at radius 2 is 1.81 bits per heavy atom. The number of ether oxygens (including phenoxy) is 1. The summed E-state index contributed by atoms with van der Waals surface area (Å²) in [7, 11) is 0. The molecule has 0 amide bonds. The summed E-state index contributed by atoms with van der Waals surface area (Å²) in [5.74, 6) is 0.754. The molecule has 7 heteroatoms. The molecule has 0 atom stereocenters. The van der Waals surface area contributed by atoms with E-state index >= 15 is 0 Å². The molecule has 0 fully saturated rings. The van der Waals surface area contributed by atoms with Crippen LogP contribution in [0.25, 0.3) is 16.7 Å². The Bertz CT molecular complexity index is 1100. The van der Waals surface area contributed by atoms with Crippen LogP contribution in [0.4, 0.5) is 0 Å². The molecular formula is C20H17ClN4O2. The van der Waals surface area contributed by atoms with Gasteiger partial charge in [-0.1, -0.05) is 29.8 Å². The van der Waals surface area contributed by atoms with Gasteiger partial charge in [-0.15, -0.1) is 0 Å². The Balaban J connectivity index is 1.46. The van der Waals surface area contributed by atoms with Gasteiger partial charge in [0.1, 0.15) is 11.1 Å². The highest BCUT2D eigenvalue weighted by molar-refractivity contribution is 6.30. The molecule has 0 saturated carbocycles. The van der Waals surface area contributed by atoms with Crippen LogP contribution in [0.5, 0.6) is 5.75 Å². The van der Waals surface area contributed by atoms with Crippen LogP contribution in [-0.4, -0.2) is 25.9 Å².